The smallest absolute Gasteiger partial charge is 0.245 e. The molecule has 0 aromatic rings. The topological polar surface area (TPSA) is 84.7 Å². The Labute approximate surface area is 126 Å². The standard InChI is InChI=1S/C13H25N3O3.ClH/c1-9(2)11(15-12(17)10(3)8-14)13(18)16-4-6-19-7-5-16;/h9-11H,4-8,14H2,1-3H3,(H,15,17);1H. The van der Waals surface area contributed by atoms with Crippen molar-refractivity contribution in [2.75, 3.05) is 32.8 Å². The van der Waals surface area contributed by atoms with Crippen LogP contribution in [0.1, 0.15) is 20.8 Å². The molecule has 6 nitrogen and oxygen atoms in total. The largest absolute Gasteiger partial charge is 0.378 e. The Balaban J connectivity index is 0.00000361. The van der Waals surface area contributed by atoms with E-state index in [-0.39, 0.29) is 42.6 Å². The first-order chi connectivity index (χ1) is 8.97. The number of hydrogen-bond donors (Lipinski definition) is 2. The maximum atomic E-state index is 12.4. The Bertz CT molecular complexity index is 320. The molecule has 1 heterocycles. The van der Waals surface area contributed by atoms with E-state index >= 15 is 0 Å². The van der Waals surface area contributed by atoms with Gasteiger partial charge in [0.1, 0.15) is 6.04 Å². The minimum atomic E-state index is -0.486. The lowest BCUT2D eigenvalue weighted by Crippen LogP contribution is -2.55. The Morgan fingerprint density at radius 2 is 1.80 bits per heavy atom. The molecule has 1 saturated heterocycles. The summed E-state index contributed by atoms with van der Waals surface area (Å²) in [6.07, 6.45) is 0. The molecule has 0 radical (unpaired) electrons. The Morgan fingerprint density at radius 3 is 2.25 bits per heavy atom. The molecule has 1 aliphatic rings. The van der Waals surface area contributed by atoms with Crippen LogP contribution in [-0.2, 0) is 14.3 Å². The second-order valence-electron chi connectivity index (χ2n) is 5.30. The van der Waals surface area contributed by atoms with Gasteiger partial charge in [-0.1, -0.05) is 20.8 Å². The summed E-state index contributed by atoms with van der Waals surface area (Å²) in [5.41, 5.74) is 5.47. The highest BCUT2D eigenvalue weighted by molar-refractivity contribution is 5.88. The van der Waals surface area contributed by atoms with Crippen molar-refractivity contribution in [2.45, 2.75) is 26.8 Å². The fourth-order valence-electron chi connectivity index (χ4n) is 1.90. The van der Waals surface area contributed by atoms with Crippen molar-refractivity contribution in [1.29, 1.82) is 0 Å². The summed E-state index contributed by atoms with van der Waals surface area (Å²) in [7, 11) is 0. The minimum Gasteiger partial charge on any atom is -0.378 e. The van der Waals surface area contributed by atoms with Crippen molar-refractivity contribution in [3.8, 4) is 0 Å². The summed E-state index contributed by atoms with van der Waals surface area (Å²) in [5, 5.41) is 2.81. The highest BCUT2D eigenvalue weighted by Gasteiger charge is 2.30. The fourth-order valence-corrected chi connectivity index (χ4v) is 1.90. The molecule has 2 atom stereocenters. The number of carbonyl (C=O) groups is 2. The average molecular weight is 308 g/mol. The lowest BCUT2D eigenvalue weighted by atomic mass is 10.0. The predicted molar refractivity (Wildman–Crippen MR) is 79.6 cm³/mol. The summed E-state index contributed by atoms with van der Waals surface area (Å²) >= 11 is 0. The Morgan fingerprint density at radius 1 is 1.25 bits per heavy atom. The van der Waals surface area contributed by atoms with Crippen molar-refractivity contribution in [1.82, 2.24) is 10.2 Å². The molecule has 0 spiro atoms. The van der Waals surface area contributed by atoms with Crippen LogP contribution < -0.4 is 11.1 Å². The molecular weight excluding hydrogens is 282 g/mol. The number of rotatable bonds is 5. The molecule has 118 valence electrons. The van der Waals surface area contributed by atoms with E-state index in [0.29, 0.717) is 26.3 Å². The molecule has 2 amide bonds. The van der Waals surface area contributed by atoms with Crippen molar-refractivity contribution in [3.05, 3.63) is 0 Å². The molecule has 1 fully saturated rings. The third-order valence-electron chi connectivity index (χ3n) is 3.35. The number of morpholine rings is 1. The van der Waals surface area contributed by atoms with E-state index in [9.17, 15) is 9.59 Å². The van der Waals surface area contributed by atoms with E-state index in [1.54, 1.807) is 11.8 Å². The molecule has 1 rings (SSSR count). The van der Waals surface area contributed by atoms with Crippen LogP contribution in [0.5, 0.6) is 0 Å². The molecule has 3 N–H and O–H groups in total. The first-order valence-corrected chi connectivity index (χ1v) is 6.84. The predicted octanol–water partition coefficient (Wildman–Crippen LogP) is 0.00260. The molecule has 2 unspecified atom stereocenters. The van der Waals surface area contributed by atoms with E-state index in [1.807, 2.05) is 13.8 Å². The summed E-state index contributed by atoms with van der Waals surface area (Å²) in [6, 6.07) is -0.486. The zero-order valence-electron chi connectivity index (χ0n) is 12.4. The van der Waals surface area contributed by atoms with Gasteiger partial charge in [0.25, 0.3) is 0 Å². The number of amides is 2. The highest BCUT2D eigenvalue weighted by Crippen LogP contribution is 2.09. The first-order valence-electron chi connectivity index (χ1n) is 6.84. The SMILES string of the molecule is CC(CN)C(=O)NC(C(=O)N1CCOCC1)C(C)C.Cl. The number of nitrogens with zero attached hydrogens (tertiary/aromatic N) is 1. The summed E-state index contributed by atoms with van der Waals surface area (Å²) in [4.78, 5) is 26.1. The summed E-state index contributed by atoms with van der Waals surface area (Å²) < 4.78 is 5.23. The molecular formula is C13H26ClN3O3. The number of hydrogen-bond acceptors (Lipinski definition) is 4. The number of carbonyl (C=O) groups excluding carboxylic acids is 2. The minimum absolute atomic E-state index is 0. The van der Waals surface area contributed by atoms with Crippen LogP contribution in [0, 0.1) is 11.8 Å². The lowest BCUT2D eigenvalue weighted by molar-refractivity contribution is -0.141. The van der Waals surface area contributed by atoms with Crippen molar-refractivity contribution in [3.63, 3.8) is 0 Å². The molecule has 0 saturated carbocycles. The average Bonchev–Trinajstić information content (AvgIpc) is 2.43. The maximum absolute atomic E-state index is 12.4. The molecule has 7 heteroatoms. The van der Waals surface area contributed by atoms with Gasteiger partial charge < -0.3 is 20.7 Å². The normalized spacial score (nSPS) is 18.1. The molecule has 0 aliphatic carbocycles. The van der Waals surface area contributed by atoms with Crippen LogP contribution in [-0.4, -0.2) is 55.6 Å². The highest BCUT2D eigenvalue weighted by atomic mass is 35.5. The van der Waals surface area contributed by atoms with Gasteiger partial charge in [-0.2, -0.15) is 0 Å². The summed E-state index contributed by atoms with van der Waals surface area (Å²) in [5.74, 6) is -0.429. The second-order valence-corrected chi connectivity index (χ2v) is 5.30. The van der Waals surface area contributed by atoms with Crippen LogP contribution in [0.3, 0.4) is 0 Å². The quantitative estimate of drug-likeness (QED) is 0.749. The number of halogens is 1. The molecule has 0 aromatic carbocycles. The van der Waals surface area contributed by atoms with Crippen LogP contribution in [0.2, 0.25) is 0 Å². The van der Waals surface area contributed by atoms with Gasteiger partial charge >= 0.3 is 0 Å². The summed E-state index contributed by atoms with van der Waals surface area (Å²) in [6.45, 7) is 8.18. The van der Waals surface area contributed by atoms with Gasteiger partial charge in [-0.05, 0) is 5.92 Å². The number of ether oxygens (including phenoxy) is 1. The fraction of sp³-hybridized carbons (Fsp3) is 0.846. The zero-order valence-corrected chi connectivity index (χ0v) is 13.2. The van der Waals surface area contributed by atoms with Crippen LogP contribution >= 0.6 is 12.4 Å². The number of nitrogens with one attached hydrogen (secondary N) is 1. The first kappa shape index (κ1) is 19.1. The van der Waals surface area contributed by atoms with Gasteiger partial charge in [0.15, 0.2) is 0 Å². The Kier molecular flexibility index (Phi) is 8.76. The molecule has 1 aliphatic heterocycles. The van der Waals surface area contributed by atoms with Crippen molar-refractivity contribution >= 4 is 24.2 Å². The van der Waals surface area contributed by atoms with Crippen LogP contribution in [0.25, 0.3) is 0 Å². The number of nitrogens with two attached hydrogens (primary N) is 1. The van der Waals surface area contributed by atoms with Gasteiger partial charge in [0.05, 0.1) is 13.2 Å². The maximum Gasteiger partial charge on any atom is 0.245 e. The lowest BCUT2D eigenvalue weighted by Gasteiger charge is -2.32. The third kappa shape index (κ3) is 5.26. The van der Waals surface area contributed by atoms with E-state index in [1.165, 1.54) is 0 Å². The monoisotopic (exact) mass is 307 g/mol. The zero-order chi connectivity index (χ0) is 14.4. The van der Waals surface area contributed by atoms with Crippen molar-refractivity contribution < 1.29 is 14.3 Å². The van der Waals surface area contributed by atoms with Crippen LogP contribution in [0.15, 0.2) is 0 Å². The van der Waals surface area contributed by atoms with Gasteiger partial charge in [-0.15, -0.1) is 12.4 Å². The molecule has 0 bridgehead atoms. The Hall–Kier alpha value is -0.850. The molecule has 0 aromatic heterocycles. The molecule has 20 heavy (non-hydrogen) atoms. The second kappa shape index (κ2) is 9.15. The van der Waals surface area contributed by atoms with E-state index in [2.05, 4.69) is 5.32 Å². The van der Waals surface area contributed by atoms with E-state index in [4.69, 9.17) is 10.5 Å². The van der Waals surface area contributed by atoms with Gasteiger partial charge in [0.2, 0.25) is 11.8 Å². The van der Waals surface area contributed by atoms with E-state index in [0.717, 1.165) is 0 Å². The third-order valence-corrected chi connectivity index (χ3v) is 3.35. The van der Waals surface area contributed by atoms with E-state index < -0.39 is 6.04 Å². The van der Waals surface area contributed by atoms with Crippen LogP contribution in [0.4, 0.5) is 0 Å². The van der Waals surface area contributed by atoms with Gasteiger partial charge in [-0.3, -0.25) is 9.59 Å². The van der Waals surface area contributed by atoms with Crippen molar-refractivity contribution in [2.24, 2.45) is 17.6 Å². The van der Waals surface area contributed by atoms with Gasteiger partial charge in [-0.25, -0.2) is 0 Å². The van der Waals surface area contributed by atoms with Gasteiger partial charge in [0, 0.05) is 25.6 Å².